The SMILES string of the molecule is COc1cc(/C=C2/C(=O)NC(=O)N(c3ccc(Cl)cc3)C2=O)cc(Br)c1OCC(=O)Nc1ccccc1C. The van der Waals surface area contributed by atoms with Crippen molar-refractivity contribution in [2.24, 2.45) is 0 Å². The Balaban J connectivity index is 1.56. The molecule has 0 aromatic heterocycles. The number of hydrogen-bond acceptors (Lipinski definition) is 6. The van der Waals surface area contributed by atoms with Crippen LogP contribution in [-0.4, -0.2) is 37.5 Å². The lowest BCUT2D eigenvalue weighted by Crippen LogP contribution is -2.54. The maximum Gasteiger partial charge on any atom is 0.335 e. The van der Waals surface area contributed by atoms with E-state index in [-0.39, 0.29) is 35.3 Å². The van der Waals surface area contributed by atoms with Crippen molar-refractivity contribution in [2.75, 3.05) is 23.9 Å². The molecule has 0 aliphatic carbocycles. The maximum absolute atomic E-state index is 13.1. The van der Waals surface area contributed by atoms with Crippen LogP contribution in [0.4, 0.5) is 16.2 Å². The number of carbonyl (C=O) groups is 4. The number of amides is 5. The zero-order valence-corrected chi connectivity index (χ0v) is 22.6. The first-order valence-electron chi connectivity index (χ1n) is 11.2. The number of carbonyl (C=O) groups excluding carboxylic acids is 4. The quantitative estimate of drug-likeness (QED) is 0.289. The van der Waals surface area contributed by atoms with Crippen LogP contribution in [0.1, 0.15) is 11.1 Å². The lowest BCUT2D eigenvalue weighted by molar-refractivity contribution is -0.122. The van der Waals surface area contributed by atoms with Crippen molar-refractivity contribution in [3.63, 3.8) is 0 Å². The summed E-state index contributed by atoms with van der Waals surface area (Å²) in [5.41, 5.74) is 1.99. The zero-order chi connectivity index (χ0) is 27.4. The average molecular weight is 599 g/mol. The minimum atomic E-state index is -0.869. The molecule has 5 amide bonds. The number of hydrogen-bond donors (Lipinski definition) is 2. The molecule has 1 aliphatic rings. The second-order valence-electron chi connectivity index (χ2n) is 8.12. The van der Waals surface area contributed by atoms with Crippen molar-refractivity contribution < 1.29 is 28.7 Å². The van der Waals surface area contributed by atoms with Gasteiger partial charge in [0.1, 0.15) is 5.57 Å². The predicted molar refractivity (Wildman–Crippen MR) is 146 cm³/mol. The van der Waals surface area contributed by atoms with E-state index in [2.05, 4.69) is 26.6 Å². The molecule has 1 fully saturated rings. The first-order chi connectivity index (χ1) is 18.2. The molecule has 0 spiro atoms. The number of rotatable bonds is 7. The molecule has 3 aromatic rings. The molecular formula is C27H21BrClN3O6. The number of para-hydroxylation sites is 1. The molecule has 194 valence electrons. The van der Waals surface area contributed by atoms with Crippen molar-refractivity contribution in [1.82, 2.24) is 5.32 Å². The van der Waals surface area contributed by atoms with Gasteiger partial charge in [0.15, 0.2) is 18.1 Å². The Morgan fingerprint density at radius 1 is 1.11 bits per heavy atom. The summed E-state index contributed by atoms with van der Waals surface area (Å²) in [7, 11) is 1.42. The highest BCUT2D eigenvalue weighted by atomic mass is 79.9. The van der Waals surface area contributed by atoms with E-state index in [1.54, 1.807) is 12.1 Å². The van der Waals surface area contributed by atoms with Crippen molar-refractivity contribution in [2.45, 2.75) is 6.92 Å². The van der Waals surface area contributed by atoms with Crippen LogP contribution in [0.5, 0.6) is 11.5 Å². The lowest BCUT2D eigenvalue weighted by atomic mass is 10.1. The summed E-state index contributed by atoms with van der Waals surface area (Å²) in [5, 5.41) is 5.38. The van der Waals surface area contributed by atoms with Gasteiger partial charge in [-0.05, 0) is 82.5 Å². The summed E-state index contributed by atoms with van der Waals surface area (Å²) in [6, 6.07) is 15.7. The van der Waals surface area contributed by atoms with Gasteiger partial charge in [0.2, 0.25) is 0 Å². The smallest absolute Gasteiger partial charge is 0.335 e. The average Bonchev–Trinajstić information content (AvgIpc) is 2.88. The van der Waals surface area contributed by atoms with E-state index in [0.29, 0.717) is 20.7 Å². The normalized spacial score (nSPS) is 14.4. The highest BCUT2D eigenvalue weighted by Gasteiger charge is 2.36. The molecule has 1 aliphatic heterocycles. The number of methoxy groups -OCH3 is 1. The van der Waals surface area contributed by atoms with E-state index < -0.39 is 17.8 Å². The molecule has 0 unspecified atom stereocenters. The Labute approximate surface area is 231 Å². The predicted octanol–water partition coefficient (Wildman–Crippen LogP) is 5.10. The molecule has 1 saturated heterocycles. The van der Waals surface area contributed by atoms with Gasteiger partial charge in [0.05, 0.1) is 17.3 Å². The number of ether oxygens (including phenoxy) is 2. The molecule has 0 bridgehead atoms. The zero-order valence-electron chi connectivity index (χ0n) is 20.2. The fraction of sp³-hybridized carbons (Fsp3) is 0.111. The van der Waals surface area contributed by atoms with Crippen LogP contribution in [0.15, 0.2) is 70.7 Å². The number of barbiturate groups is 1. The van der Waals surface area contributed by atoms with E-state index in [0.717, 1.165) is 10.5 Å². The monoisotopic (exact) mass is 597 g/mol. The minimum Gasteiger partial charge on any atom is -0.493 e. The third-order valence-electron chi connectivity index (χ3n) is 5.52. The van der Waals surface area contributed by atoms with E-state index in [1.807, 2.05) is 25.1 Å². The Morgan fingerprint density at radius 3 is 2.50 bits per heavy atom. The van der Waals surface area contributed by atoms with Gasteiger partial charge in [-0.1, -0.05) is 29.8 Å². The fourth-order valence-corrected chi connectivity index (χ4v) is 4.35. The summed E-state index contributed by atoms with van der Waals surface area (Å²) in [6.45, 7) is 1.59. The van der Waals surface area contributed by atoms with Gasteiger partial charge in [0.25, 0.3) is 17.7 Å². The largest absolute Gasteiger partial charge is 0.493 e. The summed E-state index contributed by atoms with van der Waals surface area (Å²) in [4.78, 5) is 51.3. The van der Waals surface area contributed by atoms with Crippen LogP contribution < -0.4 is 25.0 Å². The van der Waals surface area contributed by atoms with Crippen LogP contribution in [-0.2, 0) is 14.4 Å². The third kappa shape index (κ3) is 5.87. The van der Waals surface area contributed by atoms with Crippen molar-refractivity contribution in [3.05, 3.63) is 86.9 Å². The second kappa shape index (κ2) is 11.5. The van der Waals surface area contributed by atoms with Crippen LogP contribution >= 0.6 is 27.5 Å². The van der Waals surface area contributed by atoms with E-state index in [9.17, 15) is 19.2 Å². The topological polar surface area (TPSA) is 114 Å². The Hall–Kier alpha value is -4.15. The molecule has 0 saturated carbocycles. The van der Waals surface area contributed by atoms with Crippen LogP contribution in [0.3, 0.4) is 0 Å². The van der Waals surface area contributed by atoms with Crippen LogP contribution in [0.2, 0.25) is 5.02 Å². The number of imide groups is 2. The first kappa shape index (κ1) is 26.9. The molecule has 0 atom stereocenters. The molecule has 9 nitrogen and oxygen atoms in total. The van der Waals surface area contributed by atoms with Gasteiger partial charge in [-0.25, -0.2) is 9.69 Å². The van der Waals surface area contributed by atoms with Gasteiger partial charge in [-0.2, -0.15) is 0 Å². The van der Waals surface area contributed by atoms with Gasteiger partial charge in [-0.15, -0.1) is 0 Å². The number of nitrogens with zero attached hydrogens (tertiary/aromatic N) is 1. The summed E-state index contributed by atoms with van der Waals surface area (Å²) >= 11 is 9.30. The van der Waals surface area contributed by atoms with E-state index in [1.165, 1.54) is 43.5 Å². The highest BCUT2D eigenvalue weighted by Crippen LogP contribution is 2.37. The third-order valence-corrected chi connectivity index (χ3v) is 6.36. The van der Waals surface area contributed by atoms with Gasteiger partial charge >= 0.3 is 6.03 Å². The second-order valence-corrected chi connectivity index (χ2v) is 9.41. The number of aryl methyl sites for hydroxylation is 1. The maximum atomic E-state index is 13.1. The van der Waals surface area contributed by atoms with Gasteiger partial charge < -0.3 is 14.8 Å². The molecule has 3 aromatic carbocycles. The van der Waals surface area contributed by atoms with Crippen molar-refractivity contribution >= 4 is 68.7 Å². The van der Waals surface area contributed by atoms with Crippen molar-refractivity contribution in [3.8, 4) is 11.5 Å². The van der Waals surface area contributed by atoms with Crippen LogP contribution in [0.25, 0.3) is 6.08 Å². The molecule has 0 radical (unpaired) electrons. The van der Waals surface area contributed by atoms with E-state index in [4.69, 9.17) is 21.1 Å². The number of nitrogens with one attached hydrogen (secondary N) is 2. The number of urea groups is 1. The fourth-order valence-electron chi connectivity index (χ4n) is 3.65. The lowest BCUT2D eigenvalue weighted by Gasteiger charge is -2.26. The Morgan fingerprint density at radius 2 is 1.82 bits per heavy atom. The number of benzene rings is 3. The molecule has 1 heterocycles. The highest BCUT2D eigenvalue weighted by molar-refractivity contribution is 9.10. The van der Waals surface area contributed by atoms with Gasteiger partial charge in [-0.3, -0.25) is 19.7 Å². The first-order valence-corrected chi connectivity index (χ1v) is 12.4. The Kier molecular flexibility index (Phi) is 8.13. The minimum absolute atomic E-state index is 0.252. The number of anilines is 2. The molecule has 2 N–H and O–H groups in total. The molecule has 11 heteroatoms. The summed E-state index contributed by atoms with van der Waals surface area (Å²) in [6.07, 6.45) is 1.33. The van der Waals surface area contributed by atoms with Crippen molar-refractivity contribution in [1.29, 1.82) is 0 Å². The number of halogens is 2. The van der Waals surface area contributed by atoms with Gasteiger partial charge in [0, 0.05) is 10.7 Å². The molecule has 4 rings (SSSR count). The summed E-state index contributed by atoms with van der Waals surface area (Å²) in [5.74, 6) is -1.50. The standard InChI is InChI=1S/C27H21BrClN3O6/c1-15-5-3-4-6-21(15)30-23(33)14-38-24-20(28)12-16(13-22(24)37-2)11-19-25(34)31-27(36)32(26(19)35)18-9-7-17(29)8-10-18/h3-13H,14H2,1-2H3,(H,30,33)(H,31,34,36)/b19-11-. The molecule has 38 heavy (non-hydrogen) atoms. The van der Waals surface area contributed by atoms with Crippen LogP contribution in [0, 0.1) is 6.92 Å². The molecular weight excluding hydrogens is 578 g/mol. The Bertz CT molecular complexity index is 1470. The van der Waals surface area contributed by atoms with E-state index >= 15 is 0 Å². The summed E-state index contributed by atoms with van der Waals surface area (Å²) < 4.78 is 11.5.